The molecule has 1 saturated heterocycles. The Morgan fingerprint density at radius 1 is 0.974 bits per heavy atom. The van der Waals surface area contributed by atoms with Gasteiger partial charge in [0.15, 0.2) is 11.4 Å². The number of piperazine rings is 1. The first-order valence-electron chi connectivity index (χ1n) is 11.9. The molecule has 10 heteroatoms. The van der Waals surface area contributed by atoms with Gasteiger partial charge in [-0.3, -0.25) is 10.2 Å². The van der Waals surface area contributed by atoms with Crippen LogP contribution in [0.25, 0.3) is 11.0 Å². The SMILES string of the molecule is O=C(Nc1noc2ccccc12)N1CCN(Cc2cccc(C#Cc3ccccc3OC(F)(F)F)c2)CC1. The van der Waals surface area contributed by atoms with Gasteiger partial charge in [0.2, 0.25) is 0 Å². The van der Waals surface area contributed by atoms with Gasteiger partial charge in [-0.1, -0.05) is 53.4 Å². The fourth-order valence-corrected chi connectivity index (χ4v) is 4.19. The Labute approximate surface area is 216 Å². The molecule has 1 fully saturated rings. The predicted molar refractivity (Wildman–Crippen MR) is 135 cm³/mol. The Balaban J connectivity index is 1.17. The van der Waals surface area contributed by atoms with Crippen molar-refractivity contribution in [3.05, 3.63) is 89.5 Å². The number of hydrogen-bond acceptors (Lipinski definition) is 5. The summed E-state index contributed by atoms with van der Waals surface area (Å²) in [4.78, 5) is 16.7. The van der Waals surface area contributed by atoms with Crippen molar-refractivity contribution in [2.45, 2.75) is 12.9 Å². The van der Waals surface area contributed by atoms with Crippen LogP contribution in [0.1, 0.15) is 16.7 Å². The Kier molecular flexibility index (Phi) is 7.20. The summed E-state index contributed by atoms with van der Waals surface area (Å²) < 4.78 is 47.3. The van der Waals surface area contributed by atoms with E-state index in [1.807, 2.05) is 36.4 Å². The largest absolute Gasteiger partial charge is 0.573 e. The number of halogens is 3. The normalized spacial score (nSPS) is 14.1. The van der Waals surface area contributed by atoms with Gasteiger partial charge in [-0.15, -0.1) is 13.2 Å². The van der Waals surface area contributed by atoms with E-state index in [0.29, 0.717) is 49.7 Å². The molecular weight excluding hydrogens is 497 g/mol. The molecule has 194 valence electrons. The zero-order valence-electron chi connectivity index (χ0n) is 20.2. The van der Waals surface area contributed by atoms with Crippen LogP contribution < -0.4 is 10.1 Å². The molecule has 4 aromatic rings. The number of nitrogens with one attached hydrogen (secondary N) is 1. The van der Waals surface area contributed by atoms with Gasteiger partial charge in [0, 0.05) is 38.3 Å². The van der Waals surface area contributed by atoms with Crippen molar-refractivity contribution in [1.29, 1.82) is 0 Å². The fraction of sp³-hybridized carbons (Fsp3) is 0.214. The number of hydrogen-bond donors (Lipinski definition) is 1. The molecule has 1 aliphatic heterocycles. The quantitative estimate of drug-likeness (QED) is 0.361. The van der Waals surface area contributed by atoms with Crippen LogP contribution in [0, 0.1) is 11.8 Å². The van der Waals surface area contributed by atoms with Crippen molar-refractivity contribution in [3.8, 4) is 17.6 Å². The van der Waals surface area contributed by atoms with Crippen molar-refractivity contribution in [1.82, 2.24) is 15.0 Å². The van der Waals surface area contributed by atoms with Crippen LogP contribution in [0.3, 0.4) is 0 Å². The number of benzene rings is 3. The number of alkyl halides is 3. The number of para-hydroxylation sites is 2. The molecule has 3 aromatic carbocycles. The van der Waals surface area contributed by atoms with Crippen molar-refractivity contribution < 1.29 is 27.2 Å². The summed E-state index contributed by atoms with van der Waals surface area (Å²) >= 11 is 0. The molecule has 0 bridgehead atoms. The first-order chi connectivity index (χ1) is 18.3. The van der Waals surface area contributed by atoms with Gasteiger partial charge in [-0.2, -0.15) is 0 Å². The molecule has 5 rings (SSSR count). The molecule has 0 saturated carbocycles. The average molecular weight is 521 g/mol. The summed E-state index contributed by atoms with van der Waals surface area (Å²) in [5, 5.41) is 7.53. The molecule has 1 aliphatic rings. The van der Waals surface area contributed by atoms with E-state index in [1.54, 1.807) is 23.1 Å². The summed E-state index contributed by atoms with van der Waals surface area (Å²) in [5.41, 5.74) is 2.47. The van der Waals surface area contributed by atoms with Crippen molar-refractivity contribution >= 4 is 22.8 Å². The molecule has 7 nitrogen and oxygen atoms in total. The third-order valence-corrected chi connectivity index (χ3v) is 6.05. The van der Waals surface area contributed by atoms with Gasteiger partial charge < -0.3 is 14.2 Å². The van der Waals surface area contributed by atoms with Gasteiger partial charge in [0.05, 0.1) is 10.9 Å². The van der Waals surface area contributed by atoms with Crippen molar-refractivity contribution in [2.24, 2.45) is 0 Å². The van der Waals surface area contributed by atoms with Gasteiger partial charge in [-0.25, -0.2) is 4.79 Å². The van der Waals surface area contributed by atoms with Crippen LogP contribution in [0.15, 0.2) is 77.3 Å². The van der Waals surface area contributed by atoms with Crippen LogP contribution in [0.4, 0.5) is 23.8 Å². The number of carbonyl (C=O) groups is 1. The molecule has 0 atom stereocenters. The van der Waals surface area contributed by atoms with Crippen LogP contribution in [-0.2, 0) is 6.54 Å². The average Bonchev–Trinajstić information content (AvgIpc) is 3.31. The lowest BCUT2D eigenvalue weighted by Crippen LogP contribution is -2.49. The van der Waals surface area contributed by atoms with Gasteiger partial charge in [0.25, 0.3) is 0 Å². The van der Waals surface area contributed by atoms with E-state index in [1.165, 1.54) is 18.2 Å². The second-order valence-corrected chi connectivity index (χ2v) is 8.72. The number of urea groups is 1. The molecular formula is C28H23F3N4O3. The molecule has 2 heterocycles. The lowest BCUT2D eigenvalue weighted by molar-refractivity contribution is -0.274. The van der Waals surface area contributed by atoms with E-state index in [0.717, 1.165) is 10.9 Å². The number of anilines is 1. The van der Waals surface area contributed by atoms with Gasteiger partial charge in [-0.05, 0) is 42.0 Å². The number of aromatic nitrogens is 1. The number of ether oxygens (including phenoxy) is 1. The maximum atomic E-state index is 12.7. The summed E-state index contributed by atoms with van der Waals surface area (Å²) in [6.45, 7) is 3.14. The number of fused-ring (bicyclic) bond motifs is 1. The summed E-state index contributed by atoms with van der Waals surface area (Å²) in [7, 11) is 0. The molecule has 0 unspecified atom stereocenters. The Hall–Kier alpha value is -4.49. The highest BCUT2D eigenvalue weighted by Crippen LogP contribution is 2.26. The maximum absolute atomic E-state index is 12.7. The highest BCUT2D eigenvalue weighted by Gasteiger charge is 2.31. The summed E-state index contributed by atoms with van der Waals surface area (Å²) in [6, 6.07) is 20.5. The van der Waals surface area contributed by atoms with Crippen molar-refractivity contribution in [3.63, 3.8) is 0 Å². The molecule has 0 spiro atoms. The van der Waals surface area contributed by atoms with Crippen LogP contribution in [0.5, 0.6) is 5.75 Å². The minimum atomic E-state index is -4.78. The Bertz CT molecular complexity index is 1500. The highest BCUT2D eigenvalue weighted by molar-refractivity contribution is 5.98. The summed E-state index contributed by atoms with van der Waals surface area (Å²) in [5.74, 6) is 5.78. The van der Waals surface area contributed by atoms with E-state index in [2.05, 4.69) is 32.0 Å². The second-order valence-electron chi connectivity index (χ2n) is 8.72. The summed E-state index contributed by atoms with van der Waals surface area (Å²) in [6.07, 6.45) is -4.78. The fourth-order valence-electron chi connectivity index (χ4n) is 4.19. The minimum Gasteiger partial charge on any atom is -0.404 e. The lowest BCUT2D eigenvalue weighted by Gasteiger charge is -2.34. The Morgan fingerprint density at radius 3 is 2.55 bits per heavy atom. The van der Waals surface area contributed by atoms with E-state index >= 15 is 0 Å². The monoisotopic (exact) mass is 520 g/mol. The van der Waals surface area contributed by atoms with Crippen LogP contribution in [0.2, 0.25) is 0 Å². The number of rotatable bonds is 4. The van der Waals surface area contributed by atoms with E-state index < -0.39 is 6.36 Å². The topological polar surface area (TPSA) is 70.8 Å². The van der Waals surface area contributed by atoms with Crippen LogP contribution >= 0.6 is 0 Å². The zero-order chi connectivity index (χ0) is 26.5. The number of nitrogens with zero attached hydrogens (tertiary/aromatic N) is 3. The third-order valence-electron chi connectivity index (χ3n) is 6.05. The Morgan fingerprint density at radius 2 is 1.74 bits per heavy atom. The smallest absolute Gasteiger partial charge is 0.404 e. The number of amides is 2. The molecule has 1 N–H and O–H groups in total. The molecule has 2 amide bonds. The van der Waals surface area contributed by atoms with Crippen molar-refractivity contribution in [2.75, 3.05) is 31.5 Å². The van der Waals surface area contributed by atoms with E-state index in [9.17, 15) is 18.0 Å². The highest BCUT2D eigenvalue weighted by atomic mass is 19.4. The first kappa shape index (κ1) is 25.2. The van der Waals surface area contributed by atoms with Gasteiger partial charge >= 0.3 is 12.4 Å². The third kappa shape index (κ3) is 6.25. The van der Waals surface area contributed by atoms with Crippen LogP contribution in [-0.4, -0.2) is 53.5 Å². The zero-order valence-corrected chi connectivity index (χ0v) is 20.2. The first-order valence-corrected chi connectivity index (χ1v) is 11.9. The molecule has 0 aliphatic carbocycles. The maximum Gasteiger partial charge on any atom is 0.573 e. The van der Waals surface area contributed by atoms with E-state index in [4.69, 9.17) is 4.52 Å². The predicted octanol–water partition coefficient (Wildman–Crippen LogP) is 5.48. The second kappa shape index (κ2) is 10.9. The van der Waals surface area contributed by atoms with Gasteiger partial charge in [0.1, 0.15) is 5.75 Å². The lowest BCUT2D eigenvalue weighted by atomic mass is 10.1. The standard InChI is InChI=1S/C28H23F3N4O3/c29-28(30,31)37-24-10-3-1-8-22(24)13-12-20-6-5-7-21(18-20)19-34-14-16-35(17-15-34)27(36)32-26-23-9-2-4-11-25(23)38-33-26/h1-11,18H,14-17,19H2,(H,32,33,36). The molecule has 1 aromatic heterocycles. The molecule has 0 radical (unpaired) electrons. The number of carbonyl (C=O) groups excluding carboxylic acids is 1. The van der Waals surface area contributed by atoms with E-state index in [-0.39, 0.29) is 17.3 Å². The molecule has 38 heavy (non-hydrogen) atoms. The minimum absolute atomic E-state index is 0.156.